The van der Waals surface area contributed by atoms with E-state index >= 15 is 0 Å². The van der Waals surface area contributed by atoms with Crippen molar-refractivity contribution in [2.24, 2.45) is 0 Å². The summed E-state index contributed by atoms with van der Waals surface area (Å²) in [6.07, 6.45) is 0. The molecular weight excluding hydrogens is 883 g/mol. The second-order valence-electron chi connectivity index (χ2n) is 18.1. The third-order valence-electron chi connectivity index (χ3n) is 13.5. The predicted molar refractivity (Wildman–Crippen MR) is 306 cm³/mol. The van der Waals surface area contributed by atoms with Crippen LogP contribution in [0, 0.1) is 0 Å². The molecule has 0 aliphatic heterocycles. The molecule has 0 atom stereocenters. The molecule has 1 heterocycles. The number of hydrogen-bond acceptors (Lipinski definition) is 3. The molecule has 12 rings (SSSR count). The molecule has 0 aliphatic carbocycles. The summed E-state index contributed by atoms with van der Waals surface area (Å²) in [5.74, 6) is 0.639. The van der Waals surface area contributed by atoms with Crippen LogP contribution in [-0.4, -0.2) is 9.97 Å². The monoisotopic (exact) mass is 931 g/mol. The van der Waals surface area contributed by atoms with Crippen LogP contribution in [0.5, 0.6) is 0 Å². The van der Waals surface area contributed by atoms with Gasteiger partial charge in [0.25, 0.3) is 0 Å². The van der Waals surface area contributed by atoms with Crippen LogP contribution in [0.2, 0.25) is 0 Å². The molecule has 1 aromatic heterocycles. The first-order valence-electron chi connectivity index (χ1n) is 24.8. The van der Waals surface area contributed by atoms with Gasteiger partial charge < -0.3 is 4.90 Å². The van der Waals surface area contributed by atoms with Crippen molar-refractivity contribution in [3.05, 3.63) is 297 Å². The van der Waals surface area contributed by atoms with Gasteiger partial charge in [-0.15, -0.1) is 0 Å². The second kappa shape index (κ2) is 20.3. The van der Waals surface area contributed by atoms with Gasteiger partial charge in [0.15, 0.2) is 5.82 Å². The van der Waals surface area contributed by atoms with Gasteiger partial charge in [0.1, 0.15) is 0 Å². The molecular formula is C70H49N3. The number of anilines is 3. The van der Waals surface area contributed by atoms with Gasteiger partial charge in [0.2, 0.25) is 0 Å². The average Bonchev–Trinajstić information content (AvgIpc) is 3.49. The summed E-state index contributed by atoms with van der Waals surface area (Å²) in [4.78, 5) is 13.4. The van der Waals surface area contributed by atoms with Gasteiger partial charge in [-0.2, -0.15) is 0 Å². The highest BCUT2D eigenvalue weighted by Gasteiger charge is 2.29. The van der Waals surface area contributed by atoms with Gasteiger partial charge >= 0.3 is 0 Å². The van der Waals surface area contributed by atoms with E-state index in [9.17, 15) is 0 Å². The lowest BCUT2D eigenvalue weighted by molar-refractivity contribution is 1.18. The van der Waals surface area contributed by atoms with Gasteiger partial charge in [0, 0.05) is 38.9 Å². The maximum atomic E-state index is 5.43. The minimum atomic E-state index is 0.639. The Hall–Kier alpha value is -9.70. The van der Waals surface area contributed by atoms with Crippen LogP contribution in [-0.2, 0) is 0 Å². The Morgan fingerprint density at radius 1 is 0.205 bits per heavy atom. The first kappa shape index (κ1) is 44.5. The van der Waals surface area contributed by atoms with Gasteiger partial charge in [-0.1, -0.05) is 267 Å². The van der Waals surface area contributed by atoms with Crippen molar-refractivity contribution in [3.63, 3.8) is 0 Å². The number of aromatic nitrogens is 2. The van der Waals surface area contributed by atoms with Gasteiger partial charge in [0.05, 0.1) is 28.5 Å². The van der Waals surface area contributed by atoms with Crippen molar-refractivity contribution in [2.75, 3.05) is 4.90 Å². The Morgan fingerprint density at radius 3 is 0.822 bits per heavy atom. The van der Waals surface area contributed by atoms with Gasteiger partial charge in [-0.25, -0.2) is 9.97 Å². The van der Waals surface area contributed by atoms with E-state index < -0.39 is 0 Å². The molecule has 3 nitrogen and oxygen atoms in total. The first-order valence-corrected chi connectivity index (χ1v) is 24.8. The summed E-state index contributed by atoms with van der Waals surface area (Å²) < 4.78 is 0. The quantitative estimate of drug-likeness (QED) is 0.122. The predicted octanol–water partition coefficient (Wildman–Crippen LogP) is 18.9. The van der Waals surface area contributed by atoms with E-state index in [1.165, 1.54) is 0 Å². The number of nitrogens with zero attached hydrogens (tertiary/aromatic N) is 3. The van der Waals surface area contributed by atoms with Crippen molar-refractivity contribution in [3.8, 4) is 101 Å². The average molecular weight is 932 g/mol. The summed E-state index contributed by atoms with van der Waals surface area (Å²) in [5.41, 5.74) is 20.8. The highest BCUT2D eigenvalue weighted by molar-refractivity contribution is 6.05. The maximum absolute atomic E-state index is 5.43. The molecule has 0 amide bonds. The molecule has 0 saturated heterocycles. The van der Waals surface area contributed by atoms with Crippen LogP contribution >= 0.6 is 0 Å². The lowest BCUT2D eigenvalue weighted by atomic mass is 9.89. The molecule has 0 spiro atoms. The minimum absolute atomic E-state index is 0.639. The fraction of sp³-hybridized carbons (Fsp3) is 0. The lowest BCUT2D eigenvalue weighted by Crippen LogP contribution is -2.16. The van der Waals surface area contributed by atoms with Crippen LogP contribution < -0.4 is 4.90 Å². The molecule has 0 N–H and O–H groups in total. The Bertz CT molecular complexity index is 3550. The summed E-state index contributed by atoms with van der Waals surface area (Å²) in [6.45, 7) is 0. The highest BCUT2D eigenvalue weighted by Crippen LogP contribution is 2.53. The van der Waals surface area contributed by atoms with Crippen LogP contribution in [0.3, 0.4) is 0 Å². The fourth-order valence-corrected chi connectivity index (χ4v) is 9.92. The van der Waals surface area contributed by atoms with Gasteiger partial charge in [-0.05, 0) is 74.8 Å². The summed E-state index contributed by atoms with van der Waals surface area (Å²) in [6, 6.07) is 106. The van der Waals surface area contributed by atoms with E-state index in [-0.39, 0.29) is 0 Å². The normalized spacial score (nSPS) is 11.0. The van der Waals surface area contributed by atoms with Crippen LogP contribution in [0.1, 0.15) is 0 Å². The molecule has 0 saturated carbocycles. The molecule has 11 aromatic carbocycles. The Kier molecular flexibility index (Phi) is 12.4. The van der Waals surface area contributed by atoms with E-state index in [4.69, 9.17) is 9.97 Å². The zero-order chi connectivity index (χ0) is 48.8. The lowest BCUT2D eigenvalue weighted by Gasteiger charge is -2.34. The summed E-state index contributed by atoms with van der Waals surface area (Å²) >= 11 is 0. The summed E-state index contributed by atoms with van der Waals surface area (Å²) in [5, 5.41) is 0. The number of hydrogen-bond donors (Lipinski definition) is 0. The smallest absolute Gasteiger partial charge is 0.160 e. The topological polar surface area (TPSA) is 29.0 Å². The Morgan fingerprint density at radius 2 is 0.493 bits per heavy atom. The molecule has 0 radical (unpaired) electrons. The third-order valence-corrected chi connectivity index (χ3v) is 13.5. The van der Waals surface area contributed by atoms with Crippen molar-refractivity contribution >= 4 is 17.1 Å². The Labute approximate surface area is 427 Å². The molecule has 12 aromatic rings. The zero-order valence-electron chi connectivity index (χ0n) is 40.1. The van der Waals surface area contributed by atoms with Crippen molar-refractivity contribution in [1.29, 1.82) is 0 Å². The van der Waals surface area contributed by atoms with Crippen molar-refractivity contribution in [2.45, 2.75) is 0 Å². The standard InChI is InChI=1S/C70H49N3/c1-9-25-50(26-10-1)58-41-43-61(52-29-13-3-14-30-52)67(47-58)73(68-48-59(51-27-11-2-12-28-51)42-44-62(68)53-31-15-4-16-32-53)69-63(54-33-17-5-18-34-54)45-60(46-64(69)55-35-19-6-20-36-55)70-71-65(56-37-21-7-22-38-56)49-66(72-70)57-39-23-8-24-40-57/h1-49H. The maximum Gasteiger partial charge on any atom is 0.160 e. The molecule has 73 heavy (non-hydrogen) atoms. The van der Waals surface area contributed by atoms with Crippen molar-refractivity contribution < 1.29 is 0 Å². The van der Waals surface area contributed by atoms with Gasteiger partial charge in [-0.3, -0.25) is 0 Å². The molecule has 344 valence electrons. The Balaban J connectivity index is 1.24. The minimum Gasteiger partial charge on any atom is -0.308 e. The van der Waals surface area contributed by atoms with Crippen LogP contribution in [0.15, 0.2) is 297 Å². The molecule has 0 aliphatic rings. The van der Waals surface area contributed by atoms with Crippen LogP contribution in [0.25, 0.3) is 101 Å². The molecule has 3 heteroatoms. The number of benzene rings is 11. The van der Waals surface area contributed by atoms with E-state index in [0.29, 0.717) is 5.82 Å². The molecule has 0 bridgehead atoms. The van der Waals surface area contributed by atoms with E-state index in [1.807, 2.05) is 12.1 Å². The van der Waals surface area contributed by atoms with E-state index in [2.05, 4.69) is 290 Å². The zero-order valence-corrected chi connectivity index (χ0v) is 40.1. The fourth-order valence-electron chi connectivity index (χ4n) is 9.92. The highest BCUT2D eigenvalue weighted by atomic mass is 15.2. The van der Waals surface area contributed by atoms with Crippen molar-refractivity contribution in [1.82, 2.24) is 9.97 Å². The second-order valence-corrected chi connectivity index (χ2v) is 18.1. The largest absolute Gasteiger partial charge is 0.308 e. The van der Waals surface area contributed by atoms with E-state index in [0.717, 1.165) is 112 Å². The molecule has 0 fully saturated rings. The third kappa shape index (κ3) is 9.27. The molecule has 0 unspecified atom stereocenters. The van der Waals surface area contributed by atoms with Crippen LogP contribution in [0.4, 0.5) is 17.1 Å². The van der Waals surface area contributed by atoms with E-state index in [1.54, 1.807) is 0 Å². The SMILES string of the molecule is c1ccc(-c2ccc(-c3ccccc3)c(N(c3cc(-c4ccccc4)ccc3-c3ccccc3)c3c(-c4ccccc4)cc(-c4nc(-c5ccccc5)cc(-c5ccccc5)n4)cc3-c3ccccc3)c2)cc1. The number of rotatable bonds is 12. The summed E-state index contributed by atoms with van der Waals surface area (Å²) in [7, 11) is 0. The first-order chi connectivity index (χ1) is 36.2.